The SMILES string of the molecule is CCN1CCCC(NCc2c(C)noc2C)CC1. The summed E-state index contributed by atoms with van der Waals surface area (Å²) < 4.78 is 5.20. The fourth-order valence-corrected chi connectivity index (χ4v) is 2.68. The maximum absolute atomic E-state index is 5.20. The van der Waals surface area contributed by atoms with Crippen molar-refractivity contribution in [3.05, 3.63) is 17.0 Å². The van der Waals surface area contributed by atoms with Crippen molar-refractivity contribution in [2.75, 3.05) is 19.6 Å². The summed E-state index contributed by atoms with van der Waals surface area (Å²) in [5.41, 5.74) is 2.25. The summed E-state index contributed by atoms with van der Waals surface area (Å²) >= 11 is 0. The number of hydrogen-bond donors (Lipinski definition) is 1. The standard InChI is InChI=1S/C14H25N3O/c1-4-17-8-5-6-13(7-9-17)15-10-14-11(2)16-18-12(14)3/h13,15H,4-10H2,1-3H3. The van der Waals surface area contributed by atoms with E-state index in [-0.39, 0.29) is 0 Å². The molecule has 0 amide bonds. The van der Waals surface area contributed by atoms with Crippen LogP contribution in [0, 0.1) is 13.8 Å². The first kappa shape index (κ1) is 13.6. The summed E-state index contributed by atoms with van der Waals surface area (Å²) in [5.74, 6) is 0.948. The van der Waals surface area contributed by atoms with Gasteiger partial charge in [-0.3, -0.25) is 0 Å². The zero-order valence-corrected chi connectivity index (χ0v) is 11.8. The van der Waals surface area contributed by atoms with Gasteiger partial charge in [0.25, 0.3) is 0 Å². The summed E-state index contributed by atoms with van der Waals surface area (Å²) in [6.45, 7) is 10.8. The van der Waals surface area contributed by atoms with Crippen LogP contribution in [0.2, 0.25) is 0 Å². The molecule has 1 aliphatic rings. The zero-order chi connectivity index (χ0) is 13.0. The van der Waals surface area contributed by atoms with Crippen molar-refractivity contribution in [2.45, 2.75) is 52.6 Å². The molecular formula is C14H25N3O. The summed E-state index contributed by atoms with van der Waals surface area (Å²) in [6, 6.07) is 0.634. The van der Waals surface area contributed by atoms with Crippen LogP contribution >= 0.6 is 0 Å². The van der Waals surface area contributed by atoms with Crippen molar-refractivity contribution in [1.82, 2.24) is 15.4 Å². The van der Waals surface area contributed by atoms with Gasteiger partial charge in [0.2, 0.25) is 0 Å². The van der Waals surface area contributed by atoms with Crippen LogP contribution in [0.1, 0.15) is 43.2 Å². The highest BCUT2D eigenvalue weighted by Gasteiger charge is 2.17. The van der Waals surface area contributed by atoms with Gasteiger partial charge in [0.1, 0.15) is 5.76 Å². The molecule has 1 aliphatic heterocycles. The molecule has 102 valence electrons. The Bertz CT molecular complexity index is 356. The van der Waals surface area contributed by atoms with E-state index in [0.29, 0.717) is 6.04 Å². The number of aryl methyl sites for hydroxylation is 2. The highest BCUT2D eigenvalue weighted by molar-refractivity contribution is 5.20. The maximum Gasteiger partial charge on any atom is 0.138 e. The quantitative estimate of drug-likeness (QED) is 0.891. The molecule has 0 bridgehead atoms. The van der Waals surface area contributed by atoms with E-state index in [9.17, 15) is 0 Å². The largest absolute Gasteiger partial charge is 0.361 e. The van der Waals surface area contributed by atoms with E-state index in [0.717, 1.165) is 18.0 Å². The average molecular weight is 251 g/mol. The smallest absolute Gasteiger partial charge is 0.138 e. The Kier molecular flexibility index (Phi) is 4.78. The Hall–Kier alpha value is -0.870. The second kappa shape index (κ2) is 6.34. The predicted octanol–water partition coefficient (Wildman–Crippen LogP) is 2.26. The zero-order valence-electron chi connectivity index (χ0n) is 11.8. The van der Waals surface area contributed by atoms with E-state index in [4.69, 9.17) is 4.52 Å². The van der Waals surface area contributed by atoms with Crippen molar-refractivity contribution >= 4 is 0 Å². The number of rotatable bonds is 4. The lowest BCUT2D eigenvalue weighted by Crippen LogP contribution is -2.30. The van der Waals surface area contributed by atoms with Gasteiger partial charge in [-0.25, -0.2) is 0 Å². The molecule has 2 rings (SSSR count). The molecule has 4 heteroatoms. The molecule has 1 aromatic heterocycles. The predicted molar refractivity (Wildman–Crippen MR) is 72.6 cm³/mol. The van der Waals surface area contributed by atoms with Crippen LogP contribution in [-0.4, -0.2) is 35.7 Å². The van der Waals surface area contributed by atoms with Crippen LogP contribution in [0.15, 0.2) is 4.52 Å². The molecule has 0 saturated carbocycles. The Morgan fingerprint density at radius 1 is 1.33 bits per heavy atom. The molecule has 0 spiro atoms. The van der Waals surface area contributed by atoms with Gasteiger partial charge >= 0.3 is 0 Å². The van der Waals surface area contributed by atoms with Gasteiger partial charge in [-0.2, -0.15) is 0 Å². The fourth-order valence-electron chi connectivity index (χ4n) is 2.68. The van der Waals surface area contributed by atoms with Gasteiger partial charge in [-0.05, 0) is 52.7 Å². The molecule has 1 unspecified atom stereocenters. The molecule has 0 aromatic carbocycles. The normalized spacial score (nSPS) is 22.1. The third kappa shape index (κ3) is 3.33. The summed E-state index contributed by atoms with van der Waals surface area (Å²) in [4.78, 5) is 2.54. The minimum Gasteiger partial charge on any atom is -0.361 e. The molecular weight excluding hydrogens is 226 g/mol. The lowest BCUT2D eigenvalue weighted by atomic mass is 10.1. The summed E-state index contributed by atoms with van der Waals surface area (Å²) in [6.07, 6.45) is 3.82. The number of nitrogens with zero attached hydrogens (tertiary/aromatic N) is 2. The minimum atomic E-state index is 0.634. The third-order valence-electron chi connectivity index (χ3n) is 4.02. The van der Waals surface area contributed by atoms with Crippen molar-refractivity contribution in [3.63, 3.8) is 0 Å². The van der Waals surface area contributed by atoms with Gasteiger partial charge < -0.3 is 14.7 Å². The van der Waals surface area contributed by atoms with E-state index < -0.39 is 0 Å². The van der Waals surface area contributed by atoms with Crippen LogP contribution in [0.25, 0.3) is 0 Å². The van der Waals surface area contributed by atoms with E-state index in [1.807, 2.05) is 13.8 Å². The molecule has 18 heavy (non-hydrogen) atoms. The van der Waals surface area contributed by atoms with Gasteiger partial charge in [-0.1, -0.05) is 12.1 Å². The van der Waals surface area contributed by atoms with Crippen molar-refractivity contribution < 1.29 is 4.52 Å². The van der Waals surface area contributed by atoms with Crippen LogP contribution in [0.4, 0.5) is 0 Å². The Balaban J connectivity index is 1.83. The lowest BCUT2D eigenvalue weighted by molar-refractivity contribution is 0.297. The highest BCUT2D eigenvalue weighted by Crippen LogP contribution is 2.15. The molecule has 0 aliphatic carbocycles. The first-order chi connectivity index (χ1) is 8.70. The number of hydrogen-bond acceptors (Lipinski definition) is 4. The number of nitrogens with one attached hydrogen (secondary N) is 1. The summed E-state index contributed by atoms with van der Waals surface area (Å²) in [7, 11) is 0. The Morgan fingerprint density at radius 2 is 2.17 bits per heavy atom. The van der Waals surface area contributed by atoms with Crippen molar-refractivity contribution in [3.8, 4) is 0 Å². The fraction of sp³-hybridized carbons (Fsp3) is 0.786. The number of aromatic nitrogens is 1. The molecule has 0 radical (unpaired) electrons. The van der Waals surface area contributed by atoms with E-state index >= 15 is 0 Å². The Morgan fingerprint density at radius 3 is 2.83 bits per heavy atom. The topological polar surface area (TPSA) is 41.3 Å². The van der Waals surface area contributed by atoms with Crippen molar-refractivity contribution in [2.24, 2.45) is 0 Å². The number of likely N-dealkylation sites (tertiary alicyclic amines) is 1. The third-order valence-corrected chi connectivity index (χ3v) is 4.02. The van der Waals surface area contributed by atoms with Crippen molar-refractivity contribution in [1.29, 1.82) is 0 Å². The lowest BCUT2D eigenvalue weighted by Gasteiger charge is -2.18. The molecule has 2 heterocycles. The molecule has 1 saturated heterocycles. The Labute approximate surface area is 110 Å². The van der Waals surface area contributed by atoms with E-state index in [2.05, 4.69) is 22.3 Å². The molecule has 4 nitrogen and oxygen atoms in total. The van der Waals surface area contributed by atoms with Gasteiger partial charge in [0.05, 0.1) is 5.69 Å². The molecule has 1 fully saturated rings. The first-order valence-electron chi connectivity index (χ1n) is 7.08. The first-order valence-corrected chi connectivity index (χ1v) is 7.08. The molecule has 1 aromatic rings. The van der Waals surface area contributed by atoms with Gasteiger partial charge in [0.15, 0.2) is 0 Å². The second-order valence-corrected chi connectivity index (χ2v) is 5.25. The van der Waals surface area contributed by atoms with Crippen LogP contribution in [0.5, 0.6) is 0 Å². The van der Waals surface area contributed by atoms with Gasteiger partial charge in [-0.15, -0.1) is 0 Å². The van der Waals surface area contributed by atoms with Crippen LogP contribution in [-0.2, 0) is 6.54 Å². The summed E-state index contributed by atoms with van der Waals surface area (Å²) in [5, 5.41) is 7.66. The second-order valence-electron chi connectivity index (χ2n) is 5.25. The minimum absolute atomic E-state index is 0.634. The van der Waals surface area contributed by atoms with E-state index in [1.165, 1.54) is 44.5 Å². The highest BCUT2D eigenvalue weighted by atomic mass is 16.5. The van der Waals surface area contributed by atoms with Crippen LogP contribution in [0.3, 0.4) is 0 Å². The monoisotopic (exact) mass is 251 g/mol. The molecule has 1 atom stereocenters. The average Bonchev–Trinajstić information content (AvgIpc) is 2.58. The van der Waals surface area contributed by atoms with E-state index in [1.54, 1.807) is 0 Å². The van der Waals surface area contributed by atoms with Gasteiger partial charge in [0, 0.05) is 18.2 Å². The van der Waals surface area contributed by atoms with Crippen LogP contribution < -0.4 is 5.32 Å². The molecule has 1 N–H and O–H groups in total. The maximum atomic E-state index is 5.20.